The molecule has 1 aliphatic heterocycles. The number of halogens is 3. The first-order valence-electron chi connectivity index (χ1n) is 9.93. The molecular weight excluding hydrogens is 407 g/mol. The first-order valence-corrected chi connectivity index (χ1v) is 9.93. The molecule has 0 unspecified atom stereocenters. The minimum Gasteiger partial charge on any atom is -0.444 e. The van der Waals surface area contributed by atoms with Crippen molar-refractivity contribution in [2.75, 3.05) is 13.1 Å². The zero-order chi connectivity index (χ0) is 22.4. The van der Waals surface area contributed by atoms with Gasteiger partial charge in [-0.2, -0.15) is 13.2 Å². The number of likely N-dealkylation sites (tertiary alicyclic amines) is 1. The number of rotatable bonds is 2. The lowest BCUT2D eigenvalue weighted by Crippen LogP contribution is -2.50. The van der Waals surface area contributed by atoms with Crippen molar-refractivity contribution in [2.45, 2.75) is 38.5 Å². The van der Waals surface area contributed by atoms with Crippen molar-refractivity contribution < 1.29 is 22.7 Å². The van der Waals surface area contributed by atoms with Crippen LogP contribution >= 0.6 is 0 Å². The normalized spacial score (nSPS) is 15.1. The van der Waals surface area contributed by atoms with Gasteiger partial charge in [0.2, 0.25) is 0 Å². The van der Waals surface area contributed by atoms with Crippen molar-refractivity contribution in [1.82, 2.24) is 14.9 Å². The van der Waals surface area contributed by atoms with E-state index < -0.39 is 17.3 Å². The van der Waals surface area contributed by atoms with Gasteiger partial charge >= 0.3 is 12.3 Å². The lowest BCUT2D eigenvalue weighted by molar-refractivity contribution is -0.137. The summed E-state index contributed by atoms with van der Waals surface area (Å²) in [7, 11) is 0. The Morgan fingerprint density at radius 2 is 1.65 bits per heavy atom. The SMILES string of the molecule is CC(C)(C)OC(=O)N1CC(c2nc(-c3ccc(C(F)(F)F)cc3)nc3ccccc23)C1. The van der Waals surface area contributed by atoms with Gasteiger partial charge in [0.25, 0.3) is 0 Å². The van der Waals surface area contributed by atoms with E-state index in [1.165, 1.54) is 12.1 Å². The van der Waals surface area contributed by atoms with Gasteiger partial charge in [-0.15, -0.1) is 0 Å². The van der Waals surface area contributed by atoms with Crippen LogP contribution in [-0.2, 0) is 10.9 Å². The highest BCUT2D eigenvalue weighted by molar-refractivity contribution is 5.84. The molecule has 0 N–H and O–H groups in total. The average molecular weight is 429 g/mol. The summed E-state index contributed by atoms with van der Waals surface area (Å²) in [4.78, 5) is 23.1. The lowest BCUT2D eigenvalue weighted by Gasteiger charge is -2.39. The summed E-state index contributed by atoms with van der Waals surface area (Å²) in [5.41, 5.74) is 0.700. The molecule has 0 radical (unpaired) electrons. The molecule has 4 rings (SSSR count). The molecule has 1 amide bonds. The van der Waals surface area contributed by atoms with Crippen molar-refractivity contribution in [3.63, 3.8) is 0 Å². The molecule has 1 aromatic heterocycles. The van der Waals surface area contributed by atoms with E-state index in [-0.39, 0.29) is 12.0 Å². The molecule has 2 heterocycles. The van der Waals surface area contributed by atoms with Gasteiger partial charge < -0.3 is 9.64 Å². The average Bonchev–Trinajstić information content (AvgIpc) is 2.64. The Labute approximate surface area is 177 Å². The molecule has 1 fully saturated rings. The topological polar surface area (TPSA) is 55.3 Å². The van der Waals surface area contributed by atoms with Crippen LogP contribution in [0.4, 0.5) is 18.0 Å². The summed E-state index contributed by atoms with van der Waals surface area (Å²) >= 11 is 0. The van der Waals surface area contributed by atoms with Crippen molar-refractivity contribution >= 4 is 17.0 Å². The van der Waals surface area contributed by atoms with Gasteiger partial charge in [-0.3, -0.25) is 0 Å². The fourth-order valence-electron chi connectivity index (χ4n) is 3.48. The minimum absolute atomic E-state index is 0.00591. The Kier molecular flexibility index (Phi) is 5.11. The molecule has 2 aromatic carbocycles. The van der Waals surface area contributed by atoms with E-state index in [0.29, 0.717) is 30.0 Å². The summed E-state index contributed by atoms with van der Waals surface area (Å²) in [6.07, 6.45) is -4.77. The number of carbonyl (C=O) groups excluding carboxylic acids is 1. The number of benzene rings is 2. The molecule has 31 heavy (non-hydrogen) atoms. The van der Waals surface area contributed by atoms with Crippen LogP contribution < -0.4 is 0 Å². The van der Waals surface area contributed by atoms with Gasteiger partial charge in [0.05, 0.1) is 16.8 Å². The smallest absolute Gasteiger partial charge is 0.416 e. The summed E-state index contributed by atoms with van der Waals surface area (Å²) in [6, 6.07) is 12.3. The molecule has 0 saturated carbocycles. The molecule has 162 valence electrons. The molecule has 0 aliphatic carbocycles. The van der Waals surface area contributed by atoms with Crippen molar-refractivity contribution in [3.05, 3.63) is 59.8 Å². The molecular formula is C23H22F3N3O2. The zero-order valence-corrected chi connectivity index (χ0v) is 17.4. The van der Waals surface area contributed by atoms with Gasteiger partial charge in [-0.05, 0) is 39.0 Å². The van der Waals surface area contributed by atoms with Gasteiger partial charge in [0.1, 0.15) is 5.60 Å². The quantitative estimate of drug-likeness (QED) is 0.528. The first kappa shape index (κ1) is 21.1. The lowest BCUT2D eigenvalue weighted by atomic mass is 9.93. The van der Waals surface area contributed by atoms with Crippen molar-refractivity contribution in [3.8, 4) is 11.4 Å². The van der Waals surface area contributed by atoms with Crippen LogP contribution in [0.5, 0.6) is 0 Å². The maximum Gasteiger partial charge on any atom is 0.416 e. The van der Waals surface area contributed by atoms with E-state index >= 15 is 0 Å². The number of para-hydroxylation sites is 1. The molecule has 1 saturated heterocycles. The number of nitrogens with zero attached hydrogens (tertiary/aromatic N) is 3. The van der Waals surface area contributed by atoms with E-state index in [4.69, 9.17) is 4.74 Å². The predicted octanol–water partition coefficient (Wildman–Crippen LogP) is 5.65. The van der Waals surface area contributed by atoms with E-state index in [9.17, 15) is 18.0 Å². The Hall–Kier alpha value is -3.16. The largest absolute Gasteiger partial charge is 0.444 e. The molecule has 5 nitrogen and oxygen atoms in total. The van der Waals surface area contributed by atoms with Crippen LogP contribution in [0.1, 0.15) is 37.9 Å². The number of carbonyl (C=O) groups is 1. The number of hydrogen-bond donors (Lipinski definition) is 0. The third kappa shape index (κ3) is 4.47. The summed E-state index contributed by atoms with van der Waals surface area (Å²) in [5.74, 6) is 0.353. The molecule has 0 atom stereocenters. The predicted molar refractivity (Wildman–Crippen MR) is 111 cm³/mol. The zero-order valence-electron chi connectivity index (χ0n) is 17.4. The standard InChI is InChI=1S/C23H22F3N3O2/c1-22(2,3)31-21(30)29-12-15(13-29)19-17-6-4-5-7-18(17)27-20(28-19)14-8-10-16(11-9-14)23(24,25)26/h4-11,15H,12-13H2,1-3H3. The second-order valence-electron chi connectivity index (χ2n) is 8.61. The number of aromatic nitrogens is 2. The molecule has 1 aliphatic rings. The number of fused-ring (bicyclic) bond motifs is 1. The molecule has 0 spiro atoms. The highest BCUT2D eigenvalue weighted by Crippen LogP contribution is 2.34. The van der Waals surface area contributed by atoms with Gasteiger partial charge in [0.15, 0.2) is 5.82 Å². The fourth-order valence-corrected chi connectivity index (χ4v) is 3.48. The van der Waals surface area contributed by atoms with Gasteiger partial charge in [0, 0.05) is 30.0 Å². The van der Waals surface area contributed by atoms with E-state index in [2.05, 4.69) is 9.97 Å². The van der Waals surface area contributed by atoms with E-state index in [1.54, 1.807) is 4.90 Å². The number of amides is 1. The third-order valence-corrected chi connectivity index (χ3v) is 5.02. The Bertz CT molecular complexity index is 1120. The second-order valence-corrected chi connectivity index (χ2v) is 8.61. The van der Waals surface area contributed by atoms with Crippen LogP contribution in [0.3, 0.4) is 0 Å². The third-order valence-electron chi connectivity index (χ3n) is 5.02. The summed E-state index contributed by atoms with van der Waals surface area (Å²) in [5, 5.41) is 0.868. The van der Waals surface area contributed by atoms with Gasteiger partial charge in [-0.1, -0.05) is 30.3 Å². The Morgan fingerprint density at radius 3 is 2.26 bits per heavy atom. The highest BCUT2D eigenvalue weighted by Gasteiger charge is 2.36. The maximum absolute atomic E-state index is 12.9. The Morgan fingerprint density at radius 1 is 1.00 bits per heavy atom. The molecule has 3 aromatic rings. The fraction of sp³-hybridized carbons (Fsp3) is 0.348. The Balaban J connectivity index is 1.63. The number of hydrogen-bond acceptors (Lipinski definition) is 4. The minimum atomic E-state index is -4.40. The summed E-state index contributed by atoms with van der Waals surface area (Å²) < 4.78 is 44.1. The highest BCUT2D eigenvalue weighted by atomic mass is 19.4. The summed E-state index contributed by atoms with van der Waals surface area (Å²) in [6.45, 7) is 6.37. The van der Waals surface area contributed by atoms with Crippen LogP contribution in [0.2, 0.25) is 0 Å². The molecule has 8 heteroatoms. The van der Waals surface area contributed by atoms with Gasteiger partial charge in [-0.25, -0.2) is 14.8 Å². The van der Waals surface area contributed by atoms with Crippen LogP contribution in [-0.4, -0.2) is 39.7 Å². The van der Waals surface area contributed by atoms with Crippen LogP contribution in [0.25, 0.3) is 22.3 Å². The van der Waals surface area contributed by atoms with Crippen molar-refractivity contribution in [2.24, 2.45) is 0 Å². The van der Waals surface area contributed by atoms with E-state index in [0.717, 1.165) is 23.2 Å². The number of ether oxygens (including phenoxy) is 1. The maximum atomic E-state index is 12.9. The van der Waals surface area contributed by atoms with Crippen LogP contribution in [0, 0.1) is 0 Å². The van der Waals surface area contributed by atoms with E-state index in [1.807, 2.05) is 45.0 Å². The number of alkyl halides is 3. The molecule has 0 bridgehead atoms. The van der Waals surface area contributed by atoms with Crippen molar-refractivity contribution in [1.29, 1.82) is 0 Å². The monoisotopic (exact) mass is 429 g/mol. The van der Waals surface area contributed by atoms with Crippen LogP contribution in [0.15, 0.2) is 48.5 Å². The first-order chi connectivity index (χ1) is 14.5. The second kappa shape index (κ2) is 7.51.